The standard InChI is InChI=1S/C14H17N3O3S/c1-14(2)10-16(7-8-21(14,19)20)13(18)11-9-15-12-5-3-4-6-17(11)12/h3-6,9H,7-8,10H2,1-2H3. The molecule has 0 unspecified atom stereocenters. The van der Waals surface area contributed by atoms with E-state index in [4.69, 9.17) is 0 Å². The summed E-state index contributed by atoms with van der Waals surface area (Å²) >= 11 is 0. The van der Waals surface area contributed by atoms with E-state index in [0.717, 1.165) is 0 Å². The van der Waals surface area contributed by atoms with Gasteiger partial charge in [-0.3, -0.25) is 9.20 Å². The molecule has 3 rings (SSSR count). The number of pyridine rings is 1. The van der Waals surface area contributed by atoms with Gasteiger partial charge in [0.1, 0.15) is 11.3 Å². The Morgan fingerprint density at radius 1 is 1.33 bits per heavy atom. The number of sulfone groups is 1. The summed E-state index contributed by atoms with van der Waals surface area (Å²) in [4.78, 5) is 18.4. The maximum absolute atomic E-state index is 12.6. The Morgan fingerprint density at radius 2 is 2.10 bits per heavy atom. The minimum Gasteiger partial charge on any atom is -0.335 e. The van der Waals surface area contributed by atoms with E-state index in [9.17, 15) is 13.2 Å². The molecule has 0 aliphatic carbocycles. The van der Waals surface area contributed by atoms with Gasteiger partial charge in [0.25, 0.3) is 5.91 Å². The first kappa shape index (κ1) is 14.1. The van der Waals surface area contributed by atoms with Crippen molar-refractivity contribution in [2.45, 2.75) is 18.6 Å². The molecule has 1 aliphatic heterocycles. The van der Waals surface area contributed by atoms with E-state index in [1.54, 1.807) is 29.3 Å². The van der Waals surface area contributed by atoms with E-state index in [2.05, 4.69) is 4.98 Å². The van der Waals surface area contributed by atoms with E-state index in [1.165, 1.54) is 6.20 Å². The molecule has 1 fully saturated rings. The predicted molar refractivity (Wildman–Crippen MR) is 79.0 cm³/mol. The first-order valence-electron chi connectivity index (χ1n) is 6.75. The van der Waals surface area contributed by atoms with Gasteiger partial charge in [-0.25, -0.2) is 13.4 Å². The van der Waals surface area contributed by atoms with Crippen molar-refractivity contribution in [3.05, 3.63) is 36.3 Å². The first-order valence-corrected chi connectivity index (χ1v) is 8.41. The molecule has 7 heteroatoms. The Hall–Kier alpha value is -1.89. The van der Waals surface area contributed by atoms with Crippen LogP contribution in [0.5, 0.6) is 0 Å². The highest BCUT2D eigenvalue weighted by atomic mass is 32.2. The van der Waals surface area contributed by atoms with Crippen LogP contribution in [-0.2, 0) is 9.84 Å². The molecule has 112 valence electrons. The number of carbonyl (C=O) groups is 1. The summed E-state index contributed by atoms with van der Waals surface area (Å²) in [5.41, 5.74) is 1.16. The third-order valence-electron chi connectivity index (χ3n) is 3.97. The summed E-state index contributed by atoms with van der Waals surface area (Å²) in [7, 11) is -3.16. The maximum Gasteiger partial charge on any atom is 0.272 e. The van der Waals surface area contributed by atoms with E-state index in [-0.39, 0.29) is 24.7 Å². The fraction of sp³-hybridized carbons (Fsp3) is 0.429. The van der Waals surface area contributed by atoms with Crippen molar-refractivity contribution in [1.29, 1.82) is 0 Å². The van der Waals surface area contributed by atoms with Gasteiger partial charge in [0, 0.05) is 19.3 Å². The topological polar surface area (TPSA) is 71.8 Å². The second-order valence-corrected chi connectivity index (χ2v) is 8.62. The summed E-state index contributed by atoms with van der Waals surface area (Å²) in [6.07, 6.45) is 3.31. The predicted octanol–water partition coefficient (Wildman–Crippen LogP) is 0.984. The molecule has 2 aromatic rings. The highest BCUT2D eigenvalue weighted by Gasteiger charge is 2.42. The number of aromatic nitrogens is 2. The van der Waals surface area contributed by atoms with E-state index in [0.29, 0.717) is 11.3 Å². The average molecular weight is 307 g/mol. The zero-order chi connectivity index (χ0) is 15.3. The molecule has 0 radical (unpaired) electrons. The number of hydrogen-bond donors (Lipinski definition) is 0. The molecule has 0 atom stereocenters. The quantitative estimate of drug-likeness (QED) is 0.787. The van der Waals surface area contributed by atoms with Crippen LogP contribution in [0.1, 0.15) is 24.3 Å². The lowest BCUT2D eigenvalue weighted by atomic mass is 10.2. The summed E-state index contributed by atoms with van der Waals surface area (Å²) in [6.45, 7) is 3.76. The zero-order valence-corrected chi connectivity index (χ0v) is 12.8. The van der Waals surface area contributed by atoms with Crippen LogP contribution in [0.4, 0.5) is 0 Å². The highest BCUT2D eigenvalue weighted by Crippen LogP contribution is 2.25. The van der Waals surface area contributed by atoms with Crippen molar-refractivity contribution in [1.82, 2.24) is 14.3 Å². The zero-order valence-electron chi connectivity index (χ0n) is 12.0. The van der Waals surface area contributed by atoms with Gasteiger partial charge in [-0.1, -0.05) is 6.07 Å². The maximum atomic E-state index is 12.6. The normalized spacial score (nSPS) is 20.6. The molecule has 3 heterocycles. The minimum absolute atomic E-state index is 0.00246. The van der Waals surface area contributed by atoms with Crippen LogP contribution in [-0.4, -0.2) is 52.2 Å². The lowest BCUT2D eigenvalue weighted by Gasteiger charge is -2.37. The largest absolute Gasteiger partial charge is 0.335 e. The van der Waals surface area contributed by atoms with E-state index in [1.807, 2.05) is 18.2 Å². The molecule has 21 heavy (non-hydrogen) atoms. The van der Waals surface area contributed by atoms with Crippen molar-refractivity contribution in [2.24, 2.45) is 0 Å². The number of amides is 1. The monoisotopic (exact) mass is 307 g/mol. The summed E-state index contributed by atoms with van der Waals surface area (Å²) in [6, 6.07) is 5.50. The molecule has 0 aromatic carbocycles. The SMILES string of the molecule is CC1(C)CN(C(=O)c2cnc3ccccn23)CCS1(=O)=O. The Balaban J connectivity index is 1.93. The van der Waals surface area contributed by atoms with E-state index >= 15 is 0 Å². The number of imidazole rings is 1. The van der Waals surface area contributed by atoms with Gasteiger partial charge < -0.3 is 4.90 Å². The van der Waals surface area contributed by atoms with Crippen LogP contribution in [0.25, 0.3) is 5.65 Å². The molecular weight excluding hydrogens is 290 g/mol. The molecule has 1 amide bonds. The molecule has 0 bridgehead atoms. The number of rotatable bonds is 1. The van der Waals surface area contributed by atoms with Crippen LogP contribution < -0.4 is 0 Å². The van der Waals surface area contributed by atoms with Gasteiger partial charge in [0.2, 0.25) is 0 Å². The Bertz CT molecular complexity index is 808. The molecular formula is C14H17N3O3S. The summed E-state index contributed by atoms with van der Waals surface area (Å²) < 4.78 is 24.8. The summed E-state index contributed by atoms with van der Waals surface area (Å²) in [5.74, 6) is -0.181. The molecule has 1 aliphatic rings. The van der Waals surface area contributed by atoms with Gasteiger partial charge in [0.15, 0.2) is 9.84 Å². The minimum atomic E-state index is -3.16. The Kier molecular flexibility index (Phi) is 3.05. The lowest BCUT2D eigenvalue weighted by Crippen LogP contribution is -2.54. The number of hydrogen-bond acceptors (Lipinski definition) is 4. The summed E-state index contributed by atoms with van der Waals surface area (Å²) in [5, 5.41) is 0. The van der Waals surface area contributed by atoms with Crippen molar-refractivity contribution >= 4 is 21.4 Å². The van der Waals surface area contributed by atoms with Crippen molar-refractivity contribution in [3.63, 3.8) is 0 Å². The molecule has 2 aromatic heterocycles. The van der Waals surface area contributed by atoms with Gasteiger partial charge in [-0.05, 0) is 26.0 Å². The second-order valence-electron chi connectivity index (χ2n) is 5.88. The van der Waals surface area contributed by atoms with Gasteiger partial charge >= 0.3 is 0 Å². The number of fused-ring (bicyclic) bond motifs is 1. The molecule has 1 saturated heterocycles. The van der Waals surface area contributed by atoms with Gasteiger partial charge in [0.05, 0.1) is 16.7 Å². The van der Waals surface area contributed by atoms with Crippen LogP contribution in [0.3, 0.4) is 0 Å². The Labute approximate surface area is 123 Å². The van der Waals surface area contributed by atoms with Crippen molar-refractivity contribution in [2.75, 3.05) is 18.8 Å². The van der Waals surface area contributed by atoms with Crippen molar-refractivity contribution in [3.8, 4) is 0 Å². The van der Waals surface area contributed by atoms with Crippen LogP contribution in [0, 0.1) is 0 Å². The first-order chi connectivity index (χ1) is 9.82. The van der Waals surface area contributed by atoms with Crippen LogP contribution >= 0.6 is 0 Å². The average Bonchev–Trinajstić information content (AvgIpc) is 2.85. The lowest BCUT2D eigenvalue weighted by molar-refractivity contribution is 0.0736. The van der Waals surface area contributed by atoms with Crippen molar-refractivity contribution < 1.29 is 13.2 Å². The van der Waals surface area contributed by atoms with Gasteiger partial charge in [-0.2, -0.15) is 0 Å². The Morgan fingerprint density at radius 3 is 2.81 bits per heavy atom. The number of carbonyl (C=O) groups excluding carboxylic acids is 1. The van der Waals surface area contributed by atoms with Crippen LogP contribution in [0.15, 0.2) is 30.6 Å². The second kappa shape index (κ2) is 4.56. The molecule has 0 saturated carbocycles. The fourth-order valence-electron chi connectivity index (χ4n) is 2.57. The highest BCUT2D eigenvalue weighted by molar-refractivity contribution is 7.92. The van der Waals surface area contributed by atoms with Gasteiger partial charge in [-0.15, -0.1) is 0 Å². The molecule has 0 spiro atoms. The third kappa shape index (κ3) is 2.21. The number of nitrogens with zero attached hydrogens (tertiary/aromatic N) is 3. The molecule has 6 nitrogen and oxygen atoms in total. The molecule has 0 N–H and O–H groups in total. The van der Waals surface area contributed by atoms with E-state index < -0.39 is 14.6 Å². The third-order valence-corrected chi connectivity index (χ3v) is 6.50. The smallest absolute Gasteiger partial charge is 0.272 e. The fourth-order valence-corrected chi connectivity index (χ4v) is 3.94. The van der Waals surface area contributed by atoms with Crippen LogP contribution in [0.2, 0.25) is 0 Å².